The number of thiophene rings is 1. The molecule has 1 aliphatic rings. The van der Waals surface area contributed by atoms with Crippen molar-refractivity contribution in [2.45, 2.75) is 12.6 Å². The molecule has 2 aromatic heterocycles. The molecule has 2 aromatic rings. The van der Waals surface area contributed by atoms with E-state index in [4.69, 9.17) is 9.84 Å². The molecule has 1 aliphatic heterocycles. The van der Waals surface area contributed by atoms with Gasteiger partial charge in [-0.05, 0) is 11.4 Å². The van der Waals surface area contributed by atoms with Gasteiger partial charge < -0.3 is 14.7 Å². The van der Waals surface area contributed by atoms with E-state index in [9.17, 15) is 9.59 Å². The number of carbonyl (C=O) groups excluding carboxylic acids is 1. The van der Waals surface area contributed by atoms with E-state index in [1.807, 2.05) is 0 Å². The van der Waals surface area contributed by atoms with Gasteiger partial charge in [0.25, 0.3) is 5.56 Å². The summed E-state index contributed by atoms with van der Waals surface area (Å²) in [6.45, 7) is 1.05. The third-order valence-electron chi connectivity index (χ3n) is 3.45. The summed E-state index contributed by atoms with van der Waals surface area (Å²) in [5.74, 6) is -0.171. The van der Waals surface area contributed by atoms with Crippen LogP contribution in [-0.2, 0) is 16.1 Å². The molecule has 112 valence electrons. The van der Waals surface area contributed by atoms with Crippen LogP contribution in [0.25, 0.3) is 10.2 Å². The monoisotopic (exact) mass is 309 g/mol. The Bertz CT molecular complexity index is 711. The zero-order valence-electron chi connectivity index (χ0n) is 11.3. The summed E-state index contributed by atoms with van der Waals surface area (Å²) in [5, 5.41) is 11.4. The Balaban J connectivity index is 1.77. The van der Waals surface area contributed by atoms with Gasteiger partial charge in [-0.1, -0.05) is 0 Å². The predicted molar refractivity (Wildman–Crippen MR) is 77.3 cm³/mol. The van der Waals surface area contributed by atoms with E-state index in [0.29, 0.717) is 29.9 Å². The lowest BCUT2D eigenvalue weighted by Gasteiger charge is -2.32. The van der Waals surface area contributed by atoms with Gasteiger partial charge in [0.05, 0.1) is 31.0 Å². The topological polar surface area (TPSA) is 84.7 Å². The molecule has 1 amide bonds. The summed E-state index contributed by atoms with van der Waals surface area (Å²) in [4.78, 5) is 30.9. The van der Waals surface area contributed by atoms with Crippen LogP contribution in [-0.4, -0.2) is 57.9 Å². The number of rotatable bonds is 3. The predicted octanol–water partition coefficient (Wildman–Crippen LogP) is -0.322. The first-order chi connectivity index (χ1) is 10.2. The molecule has 3 heterocycles. The summed E-state index contributed by atoms with van der Waals surface area (Å²) in [7, 11) is 0. The molecule has 1 atom stereocenters. The first-order valence-corrected chi connectivity index (χ1v) is 7.50. The molecule has 1 N–H and O–H groups in total. The number of hydrogen-bond acceptors (Lipinski definition) is 6. The standard InChI is InChI=1S/C13H15N3O4S/c17-7-9-5-15(2-3-20-9)11(18)6-16-8-14-12-10(13(16)19)1-4-21-12/h1,4,8-9,17H,2-3,5-7H2. The highest BCUT2D eigenvalue weighted by atomic mass is 32.1. The minimum atomic E-state index is -0.350. The molecule has 8 heteroatoms. The molecule has 3 rings (SSSR count). The van der Waals surface area contributed by atoms with Crippen LogP contribution >= 0.6 is 11.3 Å². The van der Waals surface area contributed by atoms with E-state index in [2.05, 4.69) is 4.98 Å². The zero-order chi connectivity index (χ0) is 14.8. The van der Waals surface area contributed by atoms with Crippen molar-refractivity contribution in [1.82, 2.24) is 14.5 Å². The molecule has 7 nitrogen and oxygen atoms in total. The van der Waals surface area contributed by atoms with Crippen molar-refractivity contribution in [2.75, 3.05) is 26.3 Å². The van der Waals surface area contributed by atoms with Crippen LogP contribution in [0.4, 0.5) is 0 Å². The molecule has 0 aliphatic carbocycles. The van der Waals surface area contributed by atoms with E-state index in [1.165, 1.54) is 22.2 Å². The molecular weight excluding hydrogens is 294 g/mol. The van der Waals surface area contributed by atoms with Gasteiger partial charge in [0.1, 0.15) is 11.4 Å². The Morgan fingerprint density at radius 3 is 3.24 bits per heavy atom. The van der Waals surface area contributed by atoms with Gasteiger partial charge in [0.15, 0.2) is 0 Å². The number of hydrogen-bond donors (Lipinski definition) is 1. The third-order valence-corrected chi connectivity index (χ3v) is 4.27. The second-order valence-corrected chi connectivity index (χ2v) is 5.73. The summed E-state index contributed by atoms with van der Waals surface area (Å²) >= 11 is 1.40. The smallest absolute Gasteiger partial charge is 0.262 e. The van der Waals surface area contributed by atoms with Crippen molar-refractivity contribution in [3.05, 3.63) is 28.1 Å². The van der Waals surface area contributed by atoms with Crippen LogP contribution in [0.15, 0.2) is 22.6 Å². The molecule has 0 radical (unpaired) electrons. The number of aliphatic hydroxyl groups excluding tert-OH is 1. The first kappa shape index (κ1) is 14.2. The van der Waals surface area contributed by atoms with E-state index in [-0.39, 0.29) is 30.7 Å². The number of nitrogens with zero attached hydrogens (tertiary/aromatic N) is 3. The molecular formula is C13H15N3O4S. The number of morpholine rings is 1. The lowest BCUT2D eigenvalue weighted by atomic mass is 10.3. The fourth-order valence-electron chi connectivity index (χ4n) is 2.31. The fourth-order valence-corrected chi connectivity index (χ4v) is 3.03. The summed E-state index contributed by atoms with van der Waals surface area (Å²) < 4.78 is 6.63. The maximum Gasteiger partial charge on any atom is 0.262 e. The summed E-state index contributed by atoms with van der Waals surface area (Å²) in [6, 6.07) is 1.72. The Labute approximate surface area is 124 Å². The zero-order valence-corrected chi connectivity index (χ0v) is 12.1. The SMILES string of the molecule is O=C(Cn1cnc2sccc2c1=O)N1CCOC(CO)C1. The average molecular weight is 309 g/mol. The van der Waals surface area contributed by atoms with Crippen molar-refractivity contribution in [3.8, 4) is 0 Å². The van der Waals surface area contributed by atoms with E-state index >= 15 is 0 Å². The van der Waals surface area contributed by atoms with Gasteiger partial charge in [-0.2, -0.15) is 0 Å². The van der Waals surface area contributed by atoms with Gasteiger partial charge >= 0.3 is 0 Å². The minimum Gasteiger partial charge on any atom is -0.394 e. The maximum absolute atomic E-state index is 12.3. The first-order valence-electron chi connectivity index (χ1n) is 6.62. The van der Waals surface area contributed by atoms with Crippen molar-refractivity contribution >= 4 is 27.5 Å². The number of carbonyl (C=O) groups is 1. The Morgan fingerprint density at radius 1 is 1.57 bits per heavy atom. The second-order valence-electron chi connectivity index (χ2n) is 4.83. The number of ether oxygens (including phenoxy) is 1. The minimum absolute atomic E-state index is 0.0459. The van der Waals surface area contributed by atoms with Crippen molar-refractivity contribution < 1.29 is 14.6 Å². The number of fused-ring (bicyclic) bond motifs is 1. The van der Waals surface area contributed by atoms with Crippen LogP contribution in [0.3, 0.4) is 0 Å². The van der Waals surface area contributed by atoms with Crippen LogP contribution in [0, 0.1) is 0 Å². The molecule has 0 aromatic carbocycles. The van der Waals surface area contributed by atoms with Crippen molar-refractivity contribution in [3.63, 3.8) is 0 Å². The highest BCUT2D eigenvalue weighted by molar-refractivity contribution is 7.16. The number of aromatic nitrogens is 2. The summed E-state index contributed by atoms with van der Waals surface area (Å²) in [5.41, 5.74) is -0.207. The van der Waals surface area contributed by atoms with E-state index in [1.54, 1.807) is 16.3 Å². The maximum atomic E-state index is 12.3. The Kier molecular flexibility index (Phi) is 4.00. The van der Waals surface area contributed by atoms with Crippen LogP contribution < -0.4 is 5.56 Å². The van der Waals surface area contributed by atoms with Crippen LogP contribution in [0.5, 0.6) is 0 Å². The van der Waals surface area contributed by atoms with Crippen molar-refractivity contribution in [1.29, 1.82) is 0 Å². The van der Waals surface area contributed by atoms with E-state index < -0.39 is 0 Å². The van der Waals surface area contributed by atoms with E-state index in [0.717, 1.165) is 0 Å². The van der Waals surface area contributed by atoms with Gasteiger partial charge in [-0.25, -0.2) is 4.98 Å². The molecule has 0 saturated carbocycles. The Morgan fingerprint density at radius 2 is 2.43 bits per heavy atom. The van der Waals surface area contributed by atoms with Crippen LogP contribution in [0.2, 0.25) is 0 Å². The fraction of sp³-hybridized carbons (Fsp3) is 0.462. The quantitative estimate of drug-likeness (QED) is 0.840. The molecule has 21 heavy (non-hydrogen) atoms. The highest BCUT2D eigenvalue weighted by Gasteiger charge is 2.24. The second kappa shape index (κ2) is 5.92. The molecule has 0 spiro atoms. The van der Waals surface area contributed by atoms with Crippen molar-refractivity contribution in [2.24, 2.45) is 0 Å². The lowest BCUT2D eigenvalue weighted by Crippen LogP contribution is -2.48. The molecule has 0 bridgehead atoms. The number of amides is 1. The highest BCUT2D eigenvalue weighted by Crippen LogP contribution is 2.13. The average Bonchev–Trinajstić information content (AvgIpc) is 2.99. The number of aliphatic hydroxyl groups is 1. The Hall–Kier alpha value is -1.77. The molecule has 1 unspecified atom stereocenters. The molecule has 1 fully saturated rings. The van der Waals surface area contributed by atoms with Gasteiger partial charge in [0.2, 0.25) is 5.91 Å². The third kappa shape index (κ3) is 2.82. The van der Waals surface area contributed by atoms with Gasteiger partial charge in [-0.15, -0.1) is 11.3 Å². The van der Waals surface area contributed by atoms with Crippen LogP contribution in [0.1, 0.15) is 0 Å². The largest absolute Gasteiger partial charge is 0.394 e. The lowest BCUT2D eigenvalue weighted by molar-refractivity contribution is -0.140. The summed E-state index contributed by atoms with van der Waals surface area (Å²) in [6.07, 6.45) is 1.06. The van der Waals surface area contributed by atoms with Gasteiger partial charge in [0, 0.05) is 13.1 Å². The van der Waals surface area contributed by atoms with Gasteiger partial charge in [-0.3, -0.25) is 14.2 Å². The molecule has 1 saturated heterocycles. The normalized spacial score (nSPS) is 19.1.